The van der Waals surface area contributed by atoms with Gasteiger partial charge in [0.25, 0.3) is 11.5 Å². The topological polar surface area (TPSA) is 130 Å². The highest BCUT2D eigenvalue weighted by Gasteiger charge is 2.13. The van der Waals surface area contributed by atoms with E-state index < -0.39 is 17.2 Å². The van der Waals surface area contributed by atoms with Crippen LogP contribution in [0.15, 0.2) is 33.9 Å². The molecular formula is C14H15FN4O4. The summed E-state index contributed by atoms with van der Waals surface area (Å²) < 4.78 is 18.1. The average molecular weight is 322 g/mol. The number of amides is 1. The Labute approximate surface area is 129 Å². The van der Waals surface area contributed by atoms with Crippen molar-refractivity contribution >= 4 is 11.6 Å². The summed E-state index contributed by atoms with van der Waals surface area (Å²) in [5, 5.41) is 2.51. The summed E-state index contributed by atoms with van der Waals surface area (Å²) in [7, 11) is 0. The Morgan fingerprint density at radius 2 is 1.91 bits per heavy atom. The van der Waals surface area contributed by atoms with E-state index in [1.165, 1.54) is 24.3 Å². The monoisotopic (exact) mass is 322 g/mol. The molecule has 1 heterocycles. The molecule has 122 valence electrons. The van der Waals surface area contributed by atoms with Gasteiger partial charge in [0.1, 0.15) is 22.9 Å². The van der Waals surface area contributed by atoms with Crippen molar-refractivity contribution in [2.24, 2.45) is 0 Å². The lowest BCUT2D eigenvalue weighted by Crippen LogP contribution is -2.34. The van der Waals surface area contributed by atoms with Gasteiger partial charge in [0.05, 0.1) is 6.61 Å². The number of rotatable bonds is 6. The van der Waals surface area contributed by atoms with E-state index in [-0.39, 0.29) is 23.7 Å². The summed E-state index contributed by atoms with van der Waals surface area (Å²) in [4.78, 5) is 38.4. The standard InChI is InChI=1S/C14H15FN4O4/c15-8-2-4-9(5-3-8)23-7-1-6-17-13(21)11-10(16)12(20)19-14(22)18-11/h2-5H,1,6-7,16H2,(H,17,21)(H2,18,19,20,22). The number of benzene rings is 1. The van der Waals surface area contributed by atoms with Crippen LogP contribution in [0, 0.1) is 5.82 Å². The Kier molecular flexibility index (Phi) is 5.13. The van der Waals surface area contributed by atoms with Gasteiger partial charge in [-0.3, -0.25) is 14.6 Å². The van der Waals surface area contributed by atoms with Crippen molar-refractivity contribution in [1.82, 2.24) is 15.3 Å². The van der Waals surface area contributed by atoms with Gasteiger partial charge in [-0.25, -0.2) is 9.18 Å². The maximum absolute atomic E-state index is 12.7. The molecule has 0 atom stereocenters. The lowest BCUT2D eigenvalue weighted by atomic mass is 10.3. The minimum Gasteiger partial charge on any atom is -0.494 e. The number of nitrogens with two attached hydrogens (primary N) is 1. The molecule has 1 aromatic carbocycles. The van der Waals surface area contributed by atoms with Crippen LogP contribution >= 0.6 is 0 Å². The highest BCUT2D eigenvalue weighted by molar-refractivity contribution is 5.96. The summed E-state index contributed by atoms with van der Waals surface area (Å²) >= 11 is 0. The number of nitrogen functional groups attached to an aromatic ring is 1. The maximum Gasteiger partial charge on any atom is 0.326 e. The van der Waals surface area contributed by atoms with Crippen LogP contribution in [0.25, 0.3) is 0 Å². The van der Waals surface area contributed by atoms with Crippen molar-refractivity contribution in [2.75, 3.05) is 18.9 Å². The van der Waals surface area contributed by atoms with E-state index in [0.717, 1.165) is 0 Å². The molecule has 0 fully saturated rings. The Balaban J connectivity index is 1.80. The second-order valence-corrected chi connectivity index (χ2v) is 4.61. The molecule has 1 aromatic heterocycles. The van der Waals surface area contributed by atoms with Crippen molar-refractivity contribution in [3.63, 3.8) is 0 Å². The molecule has 2 aromatic rings. The van der Waals surface area contributed by atoms with Crippen LogP contribution in [0.3, 0.4) is 0 Å². The normalized spacial score (nSPS) is 10.3. The average Bonchev–Trinajstić information content (AvgIpc) is 2.52. The predicted octanol–water partition coefficient (Wildman–Crippen LogP) is -0.0166. The number of nitrogens with one attached hydrogen (secondary N) is 3. The summed E-state index contributed by atoms with van der Waals surface area (Å²) in [5.41, 5.74) is 3.17. The van der Waals surface area contributed by atoms with E-state index >= 15 is 0 Å². The van der Waals surface area contributed by atoms with Gasteiger partial charge in [0.15, 0.2) is 0 Å². The number of hydrogen-bond acceptors (Lipinski definition) is 5. The lowest BCUT2D eigenvalue weighted by Gasteiger charge is -2.08. The number of ether oxygens (including phenoxy) is 1. The van der Waals surface area contributed by atoms with Crippen LogP contribution in [0.5, 0.6) is 5.75 Å². The van der Waals surface area contributed by atoms with E-state index in [0.29, 0.717) is 18.8 Å². The molecule has 0 saturated heterocycles. The highest BCUT2D eigenvalue weighted by Crippen LogP contribution is 2.10. The second-order valence-electron chi connectivity index (χ2n) is 4.61. The third kappa shape index (κ3) is 4.43. The Morgan fingerprint density at radius 1 is 1.22 bits per heavy atom. The fourth-order valence-electron chi connectivity index (χ4n) is 1.76. The Morgan fingerprint density at radius 3 is 2.61 bits per heavy atom. The van der Waals surface area contributed by atoms with E-state index in [1.807, 2.05) is 4.98 Å². The van der Waals surface area contributed by atoms with Gasteiger partial charge >= 0.3 is 5.69 Å². The van der Waals surface area contributed by atoms with E-state index in [9.17, 15) is 18.8 Å². The van der Waals surface area contributed by atoms with Gasteiger partial charge in [0.2, 0.25) is 0 Å². The minimum absolute atomic E-state index is 0.244. The molecule has 0 unspecified atom stereocenters. The largest absolute Gasteiger partial charge is 0.494 e. The van der Waals surface area contributed by atoms with Crippen LogP contribution in [0.1, 0.15) is 16.9 Å². The van der Waals surface area contributed by atoms with E-state index in [4.69, 9.17) is 10.5 Å². The maximum atomic E-state index is 12.7. The second kappa shape index (κ2) is 7.25. The third-order valence-electron chi connectivity index (χ3n) is 2.90. The molecule has 0 saturated carbocycles. The number of carbonyl (C=O) groups is 1. The molecule has 0 aliphatic rings. The molecule has 5 N–H and O–H groups in total. The number of halogens is 1. The molecule has 0 aliphatic heterocycles. The molecule has 9 heteroatoms. The molecule has 8 nitrogen and oxygen atoms in total. The number of anilines is 1. The molecular weight excluding hydrogens is 307 g/mol. The first kappa shape index (κ1) is 16.3. The molecule has 0 spiro atoms. The first-order chi connectivity index (χ1) is 11.0. The zero-order valence-corrected chi connectivity index (χ0v) is 12.0. The van der Waals surface area contributed by atoms with Crippen molar-refractivity contribution < 1.29 is 13.9 Å². The van der Waals surface area contributed by atoms with Gasteiger partial charge in [-0.2, -0.15) is 0 Å². The summed E-state index contributed by atoms with van der Waals surface area (Å²) in [6, 6.07) is 5.55. The smallest absolute Gasteiger partial charge is 0.326 e. The summed E-state index contributed by atoms with van der Waals surface area (Å²) in [6.07, 6.45) is 0.469. The molecule has 2 rings (SSSR count). The fourth-order valence-corrected chi connectivity index (χ4v) is 1.76. The molecule has 1 amide bonds. The van der Waals surface area contributed by atoms with Crippen LogP contribution < -0.4 is 27.0 Å². The summed E-state index contributed by atoms with van der Waals surface area (Å²) in [6.45, 7) is 0.543. The molecule has 0 bridgehead atoms. The highest BCUT2D eigenvalue weighted by atomic mass is 19.1. The lowest BCUT2D eigenvalue weighted by molar-refractivity contribution is 0.0947. The number of H-pyrrole nitrogens is 2. The van der Waals surface area contributed by atoms with Crippen molar-refractivity contribution in [3.8, 4) is 5.75 Å². The van der Waals surface area contributed by atoms with E-state index in [2.05, 4.69) is 10.3 Å². The van der Waals surface area contributed by atoms with Crippen LogP contribution in [-0.2, 0) is 0 Å². The predicted molar refractivity (Wildman–Crippen MR) is 80.9 cm³/mol. The van der Waals surface area contributed by atoms with Crippen LogP contribution in [-0.4, -0.2) is 29.0 Å². The van der Waals surface area contributed by atoms with Gasteiger partial charge in [-0.15, -0.1) is 0 Å². The van der Waals surface area contributed by atoms with Gasteiger partial charge < -0.3 is 20.8 Å². The Hall–Kier alpha value is -3.10. The Bertz CT molecular complexity index is 798. The van der Waals surface area contributed by atoms with E-state index in [1.54, 1.807) is 0 Å². The van der Waals surface area contributed by atoms with Crippen molar-refractivity contribution in [2.45, 2.75) is 6.42 Å². The van der Waals surface area contributed by atoms with Crippen molar-refractivity contribution in [1.29, 1.82) is 0 Å². The van der Waals surface area contributed by atoms with Gasteiger partial charge in [0, 0.05) is 6.54 Å². The van der Waals surface area contributed by atoms with Crippen LogP contribution in [0.2, 0.25) is 0 Å². The number of carbonyl (C=O) groups excluding carboxylic acids is 1. The third-order valence-corrected chi connectivity index (χ3v) is 2.90. The zero-order chi connectivity index (χ0) is 16.8. The zero-order valence-electron chi connectivity index (χ0n) is 12.0. The van der Waals surface area contributed by atoms with Crippen molar-refractivity contribution in [3.05, 3.63) is 56.6 Å². The minimum atomic E-state index is -0.821. The molecule has 0 aliphatic carbocycles. The summed E-state index contributed by atoms with van der Waals surface area (Å²) in [5.74, 6) is -0.498. The first-order valence-corrected chi connectivity index (χ1v) is 6.76. The quantitative estimate of drug-likeness (QED) is 0.555. The van der Waals surface area contributed by atoms with Gasteiger partial charge in [-0.1, -0.05) is 0 Å². The van der Waals surface area contributed by atoms with Crippen LogP contribution in [0.4, 0.5) is 10.1 Å². The number of hydrogen-bond donors (Lipinski definition) is 4. The first-order valence-electron chi connectivity index (χ1n) is 6.76. The van der Waals surface area contributed by atoms with Gasteiger partial charge in [-0.05, 0) is 30.7 Å². The number of aromatic nitrogens is 2. The SMILES string of the molecule is Nc1c(C(=O)NCCCOc2ccc(F)cc2)[nH]c(=O)[nH]c1=O. The molecule has 23 heavy (non-hydrogen) atoms. The number of aromatic amines is 2. The fraction of sp³-hybridized carbons (Fsp3) is 0.214. The molecule has 0 radical (unpaired) electrons.